The summed E-state index contributed by atoms with van der Waals surface area (Å²) in [5, 5.41) is 2.85. The van der Waals surface area contributed by atoms with Crippen molar-refractivity contribution in [2.45, 2.75) is 64.7 Å². The molecule has 2 N–H and O–H groups in total. The molecular weight excluding hydrogens is 352 g/mol. The lowest BCUT2D eigenvalue weighted by molar-refractivity contribution is -0.890. The monoisotopic (exact) mass is 391 g/mol. The molecule has 6 nitrogen and oxygen atoms in total. The van der Waals surface area contributed by atoms with E-state index in [2.05, 4.69) is 26.0 Å². The number of nitrogens with zero attached hydrogens (tertiary/aromatic N) is 1. The zero-order valence-electron chi connectivity index (χ0n) is 16.9. The smallest absolute Gasteiger partial charge is 0.265 e. The van der Waals surface area contributed by atoms with Crippen molar-refractivity contribution >= 4 is 16.0 Å². The minimum Gasteiger partial charge on any atom is -0.352 e. The van der Waals surface area contributed by atoms with Gasteiger partial charge < -0.3 is 9.80 Å². The van der Waals surface area contributed by atoms with E-state index in [0.29, 0.717) is 12.0 Å². The molecule has 0 aromatic rings. The molecule has 7 heteroatoms. The lowest BCUT2D eigenvalue weighted by atomic mass is 10.1. The standard InChI is InChI=1S/C19H38N2O4S/c1-18(2)19(22)20-14-11-9-7-5-6-8-10-12-15-21(3,4)16-13-17-26(23,24)25/h1,5-17H2,2-4H3,(H-,20,22,23,24,25)/p+1. The second kappa shape index (κ2) is 13.3. The zero-order chi connectivity index (χ0) is 20.1. The molecule has 0 fully saturated rings. The summed E-state index contributed by atoms with van der Waals surface area (Å²) in [6.07, 6.45) is 9.94. The van der Waals surface area contributed by atoms with Gasteiger partial charge in [-0.15, -0.1) is 0 Å². The molecule has 0 heterocycles. The molecule has 1 amide bonds. The Balaban J connectivity index is 3.47. The lowest BCUT2D eigenvalue weighted by Gasteiger charge is -2.29. The second-order valence-corrected chi connectivity index (χ2v) is 9.46. The first-order valence-electron chi connectivity index (χ1n) is 9.74. The molecule has 0 saturated heterocycles. The van der Waals surface area contributed by atoms with Crippen LogP contribution >= 0.6 is 0 Å². The van der Waals surface area contributed by atoms with E-state index in [1.165, 1.54) is 32.1 Å². The Morgan fingerprint density at radius 3 is 1.88 bits per heavy atom. The van der Waals surface area contributed by atoms with E-state index in [0.717, 1.165) is 43.4 Å². The van der Waals surface area contributed by atoms with Gasteiger partial charge in [0.1, 0.15) is 0 Å². The van der Waals surface area contributed by atoms with Crippen LogP contribution in [0.15, 0.2) is 12.2 Å². The van der Waals surface area contributed by atoms with Crippen molar-refractivity contribution in [3.8, 4) is 0 Å². The van der Waals surface area contributed by atoms with Gasteiger partial charge in [0, 0.05) is 18.5 Å². The Labute approximate surface area is 160 Å². The third-order valence-electron chi connectivity index (χ3n) is 4.53. The predicted molar refractivity (Wildman–Crippen MR) is 108 cm³/mol. The summed E-state index contributed by atoms with van der Waals surface area (Å²) in [5.74, 6) is -0.199. The van der Waals surface area contributed by atoms with Crippen molar-refractivity contribution in [2.24, 2.45) is 0 Å². The van der Waals surface area contributed by atoms with E-state index < -0.39 is 10.1 Å². The molecule has 0 aliphatic heterocycles. The molecular formula is C19H39N2O4S+. The van der Waals surface area contributed by atoms with E-state index in [4.69, 9.17) is 4.55 Å². The summed E-state index contributed by atoms with van der Waals surface area (Å²) >= 11 is 0. The molecule has 0 spiro atoms. The van der Waals surface area contributed by atoms with Crippen LogP contribution < -0.4 is 5.32 Å². The molecule has 0 atom stereocenters. The summed E-state index contributed by atoms with van der Waals surface area (Å²) in [7, 11) is 0.382. The molecule has 0 aromatic carbocycles. The number of carbonyl (C=O) groups is 1. The summed E-state index contributed by atoms with van der Waals surface area (Å²) in [4.78, 5) is 11.3. The number of nitrogens with one attached hydrogen (secondary N) is 1. The number of hydrogen-bond donors (Lipinski definition) is 2. The maximum Gasteiger partial charge on any atom is 0.265 e. The van der Waals surface area contributed by atoms with E-state index >= 15 is 0 Å². The third kappa shape index (κ3) is 16.5. The van der Waals surface area contributed by atoms with Crippen molar-refractivity contribution in [1.29, 1.82) is 0 Å². The molecule has 0 saturated carbocycles. The maximum absolute atomic E-state index is 11.3. The summed E-state index contributed by atoms with van der Waals surface area (Å²) in [6, 6.07) is 0. The van der Waals surface area contributed by atoms with Crippen molar-refractivity contribution in [3.05, 3.63) is 12.2 Å². The highest BCUT2D eigenvalue weighted by molar-refractivity contribution is 7.85. The van der Waals surface area contributed by atoms with Crippen LogP contribution in [0.25, 0.3) is 0 Å². The molecule has 0 unspecified atom stereocenters. The highest BCUT2D eigenvalue weighted by Gasteiger charge is 2.16. The largest absolute Gasteiger partial charge is 0.352 e. The fourth-order valence-corrected chi connectivity index (χ4v) is 3.36. The number of unbranched alkanes of at least 4 members (excludes halogenated alkanes) is 7. The Morgan fingerprint density at radius 2 is 1.38 bits per heavy atom. The fourth-order valence-electron chi connectivity index (χ4n) is 2.87. The Hall–Kier alpha value is -0.920. The Morgan fingerprint density at radius 1 is 0.923 bits per heavy atom. The molecule has 0 aromatic heterocycles. The highest BCUT2D eigenvalue weighted by atomic mass is 32.2. The Bertz CT molecular complexity index is 516. The van der Waals surface area contributed by atoms with Gasteiger partial charge in [-0.05, 0) is 26.2 Å². The van der Waals surface area contributed by atoms with Gasteiger partial charge in [0.05, 0.1) is 32.9 Å². The van der Waals surface area contributed by atoms with Gasteiger partial charge >= 0.3 is 0 Å². The number of rotatable bonds is 16. The molecule has 0 rings (SSSR count). The fraction of sp³-hybridized carbons (Fsp3) is 0.842. The van der Waals surface area contributed by atoms with Gasteiger partial charge in [0.2, 0.25) is 5.91 Å². The van der Waals surface area contributed by atoms with Crippen LogP contribution in [-0.2, 0) is 14.9 Å². The van der Waals surface area contributed by atoms with Crippen LogP contribution in [0.2, 0.25) is 0 Å². The van der Waals surface area contributed by atoms with Gasteiger partial charge in [0.25, 0.3) is 10.1 Å². The average molecular weight is 392 g/mol. The summed E-state index contributed by atoms with van der Waals surface area (Å²) in [6.45, 7) is 7.86. The van der Waals surface area contributed by atoms with Gasteiger partial charge in [-0.1, -0.05) is 38.7 Å². The number of amides is 1. The zero-order valence-corrected chi connectivity index (χ0v) is 17.7. The van der Waals surface area contributed by atoms with Crippen LogP contribution in [0.3, 0.4) is 0 Å². The molecule has 0 aliphatic carbocycles. The normalized spacial score (nSPS) is 12.2. The van der Waals surface area contributed by atoms with Gasteiger partial charge in [-0.25, -0.2) is 0 Å². The van der Waals surface area contributed by atoms with Crippen LogP contribution in [-0.4, -0.2) is 62.8 Å². The summed E-state index contributed by atoms with van der Waals surface area (Å²) in [5.41, 5.74) is 0.560. The quantitative estimate of drug-likeness (QED) is 0.183. The third-order valence-corrected chi connectivity index (χ3v) is 5.33. The first-order valence-corrected chi connectivity index (χ1v) is 11.4. The molecule has 0 radical (unpaired) electrons. The van der Waals surface area contributed by atoms with Gasteiger partial charge in [0.15, 0.2) is 0 Å². The predicted octanol–water partition coefficient (Wildman–Crippen LogP) is 3.15. The van der Waals surface area contributed by atoms with Gasteiger partial charge in [-0.2, -0.15) is 8.42 Å². The SMILES string of the molecule is C=C(C)C(=O)NCCCCCCCCCC[N+](C)(C)CCCS(=O)(=O)O. The van der Waals surface area contributed by atoms with Crippen LogP contribution in [0.4, 0.5) is 0 Å². The van der Waals surface area contributed by atoms with E-state index in [1.807, 2.05) is 0 Å². The maximum atomic E-state index is 11.3. The van der Waals surface area contributed by atoms with Crippen LogP contribution in [0.5, 0.6) is 0 Å². The lowest BCUT2D eigenvalue weighted by Crippen LogP contribution is -2.41. The van der Waals surface area contributed by atoms with Crippen LogP contribution in [0, 0.1) is 0 Å². The molecule has 26 heavy (non-hydrogen) atoms. The highest BCUT2D eigenvalue weighted by Crippen LogP contribution is 2.11. The molecule has 0 bridgehead atoms. The number of hydrogen-bond acceptors (Lipinski definition) is 3. The van der Waals surface area contributed by atoms with E-state index in [-0.39, 0.29) is 11.7 Å². The number of quaternary nitrogens is 1. The van der Waals surface area contributed by atoms with Crippen molar-refractivity contribution < 1.29 is 22.2 Å². The first kappa shape index (κ1) is 25.1. The van der Waals surface area contributed by atoms with Crippen LogP contribution in [0.1, 0.15) is 64.7 Å². The van der Waals surface area contributed by atoms with Crippen molar-refractivity contribution in [1.82, 2.24) is 5.32 Å². The van der Waals surface area contributed by atoms with Crippen molar-refractivity contribution in [2.75, 3.05) is 39.5 Å². The van der Waals surface area contributed by atoms with E-state index in [9.17, 15) is 13.2 Å². The minimum atomic E-state index is -3.83. The average Bonchev–Trinajstić information content (AvgIpc) is 2.50. The summed E-state index contributed by atoms with van der Waals surface area (Å²) < 4.78 is 31.1. The second-order valence-electron chi connectivity index (χ2n) is 7.89. The molecule has 0 aliphatic rings. The molecule has 154 valence electrons. The van der Waals surface area contributed by atoms with E-state index in [1.54, 1.807) is 6.92 Å². The minimum absolute atomic E-state index is 0.0516. The van der Waals surface area contributed by atoms with Crippen molar-refractivity contribution in [3.63, 3.8) is 0 Å². The first-order chi connectivity index (χ1) is 12.0. The topological polar surface area (TPSA) is 83.5 Å². The van der Waals surface area contributed by atoms with Gasteiger partial charge in [-0.3, -0.25) is 9.35 Å². The Kier molecular flexibility index (Phi) is 12.8. The number of carbonyl (C=O) groups excluding carboxylic acids is 1.